The van der Waals surface area contributed by atoms with Gasteiger partial charge in [0.05, 0.1) is 23.4 Å². The molecule has 7 nitrogen and oxygen atoms in total. The van der Waals surface area contributed by atoms with Gasteiger partial charge in [0.25, 0.3) is 0 Å². The van der Waals surface area contributed by atoms with Gasteiger partial charge in [-0.05, 0) is 25.1 Å². The van der Waals surface area contributed by atoms with Gasteiger partial charge in [0.1, 0.15) is 5.76 Å². The first kappa shape index (κ1) is 17.8. The van der Waals surface area contributed by atoms with Crippen LogP contribution in [0, 0.1) is 6.92 Å². The molecule has 0 bridgehead atoms. The van der Waals surface area contributed by atoms with Gasteiger partial charge in [0, 0.05) is 24.7 Å². The van der Waals surface area contributed by atoms with Crippen LogP contribution in [0.5, 0.6) is 0 Å². The minimum atomic E-state index is -0.179. The average molecular weight is 381 g/mol. The van der Waals surface area contributed by atoms with Crippen molar-refractivity contribution in [2.45, 2.75) is 18.6 Å². The highest BCUT2D eigenvalue weighted by atomic mass is 35.5. The number of benzene rings is 1. The Kier molecular flexibility index (Phi) is 5.62. The molecule has 9 heteroatoms. The van der Waals surface area contributed by atoms with Crippen molar-refractivity contribution in [3.8, 4) is 0 Å². The Labute approximate surface area is 153 Å². The number of anilines is 1. The number of rotatable bonds is 7. The van der Waals surface area contributed by atoms with Gasteiger partial charge in [0.15, 0.2) is 11.0 Å². The molecule has 0 unspecified atom stereocenters. The quantitative estimate of drug-likeness (QED) is 0.633. The predicted octanol–water partition coefficient (Wildman–Crippen LogP) is 3.36. The van der Waals surface area contributed by atoms with E-state index in [0.717, 1.165) is 16.2 Å². The number of thioether (sulfide) groups is 1. The summed E-state index contributed by atoms with van der Waals surface area (Å²) in [7, 11) is 1.65. The van der Waals surface area contributed by atoms with Crippen molar-refractivity contribution < 1.29 is 14.1 Å². The summed E-state index contributed by atoms with van der Waals surface area (Å²) in [4.78, 5) is 16.7. The molecule has 0 saturated heterocycles. The van der Waals surface area contributed by atoms with E-state index in [1.54, 1.807) is 20.1 Å². The summed E-state index contributed by atoms with van der Waals surface area (Å²) >= 11 is 7.39. The normalized spacial score (nSPS) is 11.2. The molecule has 1 aromatic carbocycles. The zero-order chi connectivity index (χ0) is 17.8. The molecule has 2 aromatic heterocycles. The fraction of sp³-hybridized carbons (Fsp3) is 0.312. The monoisotopic (exact) mass is 380 g/mol. The largest absolute Gasteiger partial charge is 0.383 e. The van der Waals surface area contributed by atoms with Crippen molar-refractivity contribution in [2.24, 2.45) is 0 Å². The van der Waals surface area contributed by atoms with Crippen molar-refractivity contribution in [2.75, 3.05) is 24.8 Å². The molecule has 0 aliphatic heterocycles. The Morgan fingerprint density at radius 3 is 3.00 bits per heavy atom. The lowest BCUT2D eigenvalue weighted by atomic mass is 10.3. The maximum absolute atomic E-state index is 12.1. The molecule has 0 spiro atoms. The number of carbonyl (C=O) groups is 1. The Morgan fingerprint density at radius 2 is 2.28 bits per heavy atom. The second-order valence-corrected chi connectivity index (χ2v) is 6.71. The van der Waals surface area contributed by atoms with Crippen LogP contribution in [0.3, 0.4) is 0 Å². The highest BCUT2D eigenvalue weighted by molar-refractivity contribution is 7.99. The number of halogens is 1. The topological polar surface area (TPSA) is 82.2 Å². The molecule has 0 saturated carbocycles. The number of methoxy groups -OCH3 is 1. The third-order valence-electron chi connectivity index (χ3n) is 3.42. The third kappa shape index (κ3) is 4.33. The van der Waals surface area contributed by atoms with Gasteiger partial charge in [-0.15, -0.1) is 0 Å². The minimum Gasteiger partial charge on any atom is -0.383 e. The van der Waals surface area contributed by atoms with E-state index >= 15 is 0 Å². The molecule has 0 radical (unpaired) electrons. The fourth-order valence-corrected chi connectivity index (χ4v) is 3.33. The molecule has 3 aromatic rings. The van der Waals surface area contributed by atoms with E-state index in [-0.39, 0.29) is 11.7 Å². The smallest absolute Gasteiger partial charge is 0.236 e. The summed E-state index contributed by atoms with van der Waals surface area (Å²) in [6, 6.07) is 7.21. The Hall–Kier alpha value is -2.03. The molecular formula is C16H17ClN4O3S. The molecule has 0 atom stereocenters. The summed E-state index contributed by atoms with van der Waals surface area (Å²) in [6.45, 7) is 2.95. The van der Waals surface area contributed by atoms with Gasteiger partial charge in [-0.3, -0.25) is 4.79 Å². The van der Waals surface area contributed by atoms with Crippen LogP contribution in [-0.2, 0) is 16.1 Å². The zero-order valence-corrected chi connectivity index (χ0v) is 15.4. The minimum absolute atomic E-state index is 0.179. The number of hydrogen-bond donors (Lipinski definition) is 1. The number of aromatic nitrogens is 3. The highest BCUT2D eigenvalue weighted by Crippen LogP contribution is 2.26. The summed E-state index contributed by atoms with van der Waals surface area (Å²) in [5.41, 5.74) is 1.75. The van der Waals surface area contributed by atoms with Crippen molar-refractivity contribution >= 4 is 46.1 Å². The number of amides is 1. The second kappa shape index (κ2) is 7.90. The second-order valence-electron chi connectivity index (χ2n) is 5.33. The molecule has 0 aliphatic carbocycles. The van der Waals surface area contributed by atoms with Gasteiger partial charge in [-0.25, -0.2) is 4.98 Å². The van der Waals surface area contributed by atoms with E-state index in [1.165, 1.54) is 11.8 Å². The first-order chi connectivity index (χ1) is 12.1. The third-order valence-corrected chi connectivity index (χ3v) is 4.63. The van der Waals surface area contributed by atoms with Crippen molar-refractivity contribution in [3.05, 3.63) is 35.0 Å². The van der Waals surface area contributed by atoms with Crippen LogP contribution in [0.25, 0.3) is 11.0 Å². The number of aryl methyl sites for hydroxylation is 1. The van der Waals surface area contributed by atoms with Crippen molar-refractivity contribution in [1.82, 2.24) is 14.7 Å². The van der Waals surface area contributed by atoms with E-state index in [0.29, 0.717) is 29.8 Å². The highest BCUT2D eigenvalue weighted by Gasteiger charge is 2.14. The van der Waals surface area contributed by atoms with Gasteiger partial charge in [-0.2, -0.15) is 0 Å². The van der Waals surface area contributed by atoms with Gasteiger partial charge in [-0.1, -0.05) is 28.5 Å². The molecule has 1 N–H and O–H groups in total. The number of fused-ring (bicyclic) bond motifs is 1. The first-order valence-electron chi connectivity index (χ1n) is 7.57. The molecule has 2 heterocycles. The summed E-state index contributed by atoms with van der Waals surface area (Å²) in [5, 5.41) is 7.80. The molecular weight excluding hydrogens is 364 g/mol. The SMILES string of the molecule is COCCn1c(SCC(=O)Nc2cc(C)on2)nc2cc(Cl)ccc21. The van der Waals surface area contributed by atoms with E-state index < -0.39 is 0 Å². The number of ether oxygens (including phenoxy) is 1. The van der Waals surface area contributed by atoms with Gasteiger partial charge in [0.2, 0.25) is 5.91 Å². The molecule has 1 amide bonds. The molecule has 0 fully saturated rings. The molecule has 3 rings (SSSR count). The number of imidazole rings is 1. The van der Waals surface area contributed by atoms with Crippen LogP contribution in [0.4, 0.5) is 5.82 Å². The maximum atomic E-state index is 12.1. The summed E-state index contributed by atoms with van der Waals surface area (Å²) < 4.78 is 12.1. The number of carbonyl (C=O) groups excluding carboxylic acids is 1. The van der Waals surface area contributed by atoms with Crippen LogP contribution >= 0.6 is 23.4 Å². The van der Waals surface area contributed by atoms with E-state index in [2.05, 4.69) is 15.5 Å². The average Bonchev–Trinajstić information content (AvgIpc) is 3.13. The lowest BCUT2D eigenvalue weighted by molar-refractivity contribution is -0.113. The number of nitrogens with zero attached hydrogens (tertiary/aromatic N) is 3. The molecule has 0 aliphatic rings. The van der Waals surface area contributed by atoms with Gasteiger partial charge >= 0.3 is 0 Å². The lowest BCUT2D eigenvalue weighted by Gasteiger charge is -2.08. The predicted molar refractivity (Wildman–Crippen MR) is 97.2 cm³/mol. The van der Waals surface area contributed by atoms with Crippen LogP contribution in [0.1, 0.15) is 5.76 Å². The van der Waals surface area contributed by atoms with Crippen LogP contribution < -0.4 is 5.32 Å². The Balaban J connectivity index is 1.74. The van der Waals surface area contributed by atoms with Crippen molar-refractivity contribution in [1.29, 1.82) is 0 Å². The lowest BCUT2D eigenvalue weighted by Crippen LogP contribution is -2.15. The Bertz CT molecular complexity index is 893. The van der Waals surface area contributed by atoms with Crippen LogP contribution in [0.15, 0.2) is 33.9 Å². The number of hydrogen-bond acceptors (Lipinski definition) is 6. The fourth-order valence-electron chi connectivity index (χ4n) is 2.32. The van der Waals surface area contributed by atoms with Crippen LogP contribution in [0.2, 0.25) is 5.02 Å². The molecule has 132 valence electrons. The maximum Gasteiger partial charge on any atom is 0.236 e. The summed E-state index contributed by atoms with van der Waals surface area (Å²) in [5.74, 6) is 1.07. The van der Waals surface area contributed by atoms with Gasteiger partial charge < -0.3 is 19.1 Å². The van der Waals surface area contributed by atoms with E-state index in [1.807, 2.05) is 22.8 Å². The standard InChI is InChI=1S/C16H17ClN4O3S/c1-10-7-14(20-24-10)19-15(22)9-25-16-18-12-8-11(17)3-4-13(12)21(16)5-6-23-2/h3-4,7-8H,5-6,9H2,1-2H3,(H,19,20,22). The van der Waals surface area contributed by atoms with E-state index in [9.17, 15) is 4.79 Å². The van der Waals surface area contributed by atoms with Crippen molar-refractivity contribution in [3.63, 3.8) is 0 Å². The van der Waals surface area contributed by atoms with E-state index in [4.69, 9.17) is 20.9 Å². The number of nitrogens with one attached hydrogen (secondary N) is 1. The molecule has 25 heavy (non-hydrogen) atoms. The Morgan fingerprint density at radius 1 is 1.44 bits per heavy atom. The van der Waals surface area contributed by atoms with Crippen LogP contribution in [-0.4, -0.2) is 40.1 Å². The zero-order valence-electron chi connectivity index (χ0n) is 13.8. The first-order valence-corrected chi connectivity index (χ1v) is 8.94. The summed E-state index contributed by atoms with van der Waals surface area (Å²) in [6.07, 6.45) is 0.